The lowest BCUT2D eigenvalue weighted by Gasteiger charge is -2.46. The Morgan fingerprint density at radius 1 is 1.26 bits per heavy atom. The summed E-state index contributed by atoms with van der Waals surface area (Å²) in [6.45, 7) is 2.51. The summed E-state index contributed by atoms with van der Waals surface area (Å²) in [6.07, 6.45) is 10.2. The predicted octanol–water partition coefficient (Wildman–Crippen LogP) is 4.15. The van der Waals surface area contributed by atoms with Crippen LogP contribution in [0.4, 0.5) is 0 Å². The molecule has 3 saturated carbocycles. The zero-order valence-electron chi connectivity index (χ0n) is 13.7. The number of benzene rings is 1. The number of aromatic hydroxyl groups is 1. The van der Waals surface area contributed by atoms with E-state index in [4.69, 9.17) is 4.74 Å². The van der Waals surface area contributed by atoms with E-state index >= 15 is 0 Å². The number of hydrogen-bond donors (Lipinski definition) is 1. The van der Waals surface area contributed by atoms with Gasteiger partial charge in [0.05, 0.1) is 12.2 Å². The van der Waals surface area contributed by atoms with Crippen LogP contribution in [-0.2, 0) is 16.0 Å². The lowest BCUT2D eigenvalue weighted by Crippen LogP contribution is -2.38. The fourth-order valence-corrected chi connectivity index (χ4v) is 4.74. The van der Waals surface area contributed by atoms with Gasteiger partial charge in [-0.25, -0.2) is 4.79 Å². The number of hydrogen-bond acceptors (Lipinski definition) is 3. The standard InChI is InChI=1S/C20H24O3/c1-13-10-16(21)11-15-2-3-17(18(13)15)19(22)23-12-20-7-4-14(5-8-20)6-9-20/h3,10-11,14,21H,2,4-9,12H2,1H3. The third kappa shape index (κ3) is 2.56. The van der Waals surface area contributed by atoms with E-state index in [9.17, 15) is 9.90 Å². The van der Waals surface area contributed by atoms with Crippen molar-refractivity contribution in [3.63, 3.8) is 0 Å². The van der Waals surface area contributed by atoms with Crippen LogP contribution in [0.2, 0.25) is 0 Å². The summed E-state index contributed by atoms with van der Waals surface area (Å²) >= 11 is 0. The smallest absolute Gasteiger partial charge is 0.338 e. The molecule has 122 valence electrons. The highest BCUT2D eigenvalue weighted by molar-refractivity contribution is 6.18. The maximum absolute atomic E-state index is 12.6. The monoisotopic (exact) mass is 312 g/mol. The summed E-state index contributed by atoms with van der Waals surface area (Å²) in [7, 11) is 0. The second kappa shape index (κ2) is 5.40. The van der Waals surface area contributed by atoms with Gasteiger partial charge in [0.15, 0.2) is 0 Å². The molecule has 0 radical (unpaired) electrons. The molecule has 4 aliphatic carbocycles. The van der Waals surface area contributed by atoms with E-state index in [2.05, 4.69) is 0 Å². The summed E-state index contributed by atoms with van der Waals surface area (Å²) in [5, 5.41) is 9.71. The molecule has 23 heavy (non-hydrogen) atoms. The molecule has 0 amide bonds. The van der Waals surface area contributed by atoms with Gasteiger partial charge in [0.2, 0.25) is 0 Å². The summed E-state index contributed by atoms with van der Waals surface area (Å²) in [5.74, 6) is 0.994. The summed E-state index contributed by atoms with van der Waals surface area (Å²) < 4.78 is 5.76. The number of ether oxygens (including phenoxy) is 1. The second-order valence-electron chi connectivity index (χ2n) is 7.68. The number of fused-ring (bicyclic) bond motifs is 4. The fraction of sp³-hybridized carbons (Fsp3) is 0.550. The number of phenols is 1. The van der Waals surface area contributed by atoms with Crippen molar-refractivity contribution in [1.82, 2.24) is 0 Å². The topological polar surface area (TPSA) is 46.5 Å². The molecule has 1 aromatic carbocycles. The highest BCUT2D eigenvalue weighted by Gasteiger charge is 2.41. The van der Waals surface area contributed by atoms with Crippen LogP contribution in [0.15, 0.2) is 18.2 Å². The van der Waals surface area contributed by atoms with E-state index in [1.807, 2.05) is 13.0 Å². The molecule has 0 saturated heterocycles. The molecule has 0 aromatic heterocycles. The van der Waals surface area contributed by atoms with E-state index in [-0.39, 0.29) is 17.1 Å². The number of rotatable bonds is 3. The van der Waals surface area contributed by atoms with Crippen LogP contribution in [0.25, 0.3) is 5.57 Å². The molecule has 1 aromatic rings. The first-order valence-electron chi connectivity index (χ1n) is 8.76. The number of carbonyl (C=O) groups is 1. The fourth-order valence-electron chi connectivity index (χ4n) is 4.74. The Kier molecular flexibility index (Phi) is 3.47. The third-order valence-electron chi connectivity index (χ3n) is 6.18. The number of allylic oxidation sites excluding steroid dienone is 1. The first-order valence-corrected chi connectivity index (χ1v) is 8.76. The average Bonchev–Trinajstić information content (AvgIpc) is 2.98. The maximum atomic E-state index is 12.6. The largest absolute Gasteiger partial charge is 0.508 e. The Hall–Kier alpha value is -1.77. The van der Waals surface area contributed by atoms with E-state index in [0.29, 0.717) is 18.6 Å². The summed E-state index contributed by atoms with van der Waals surface area (Å²) in [4.78, 5) is 12.6. The number of phenolic OH excluding ortho intramolecular Hbond substituents is 1. The van der Waals surface area contributed by atoms with Gasteiger partial charge in [0.1, 0.15) is 5.75 Å². The average molecular weight is 312 g/mol. The minimum atomic E-state index is -0.195. The van der Waals surface area contributed by atoms with Crippen molar-refractivity contribution in [3.8, 4) is 5.75 Å². The molecule has 2 bridgehead atoms. The molecule has 1 N–H and O–H groups in total. The first-order chi connectivity index (χ1) is 11.1. The molecule has 0 unspecified atom stereocenters. The Balaban J connectivity index is 1.47. The molecule has 0 atom stereocenters. The Bertz CT molecular complexity index is 665. The van der Waals surface area contributed by atoms with Crippen LogP contribution in [0.5, 0.6) is 5.75 Å². The molecular formula is C20H24O3. The quantitative estimate of drug-likeness (QED) is 0.853. The first kappa shape index (κ1) is 14.8. The van der Waals surface area contributed by atoms with Crippen LogP contribution >= 0.6 is 0 Å². The Morgan fingerprint density at radius 3 is 2.65 bits per heavy atom. The lowest BCUT2D eigenvalue weighted by molar-refractivity contribution is -0.142. The van der Waals surface area contributed by atoms with Gasteiger partial charge in [-0.3, -0.25) is 0 Å². The van der Waals surface area contributed by atoms with E-state index in [1.165, 1.54) is 38.5 Å². The van der Waals surface area contributed by atoms with Gasteiger partial charge in [-0.05, 0) is 86.6 Å². The van der Waals surface area contributed by atoms with Gasteiger partial charge >= 0.3 is 5.97 Å². The van der Waals surface area contributed by atoms with Gasteiger partial charge in [0.25, 0.3) is 0 Å². The van der Waals surface area contributed by atoms with Crippen molar-refractivity contribution in [3.05, 3.63) is 34.9 Å². The summed E-state index contributed by atoms with van der Waals surface area (Å²) in [5.41, 5.74) is 3.84. The number of carbonyl (C=O) groups excluding carboxylic acids is 1. The van der Waals surface area contributed by atoms with Gasteiger partial charge in [0, 0.05) is 5.41 Å². The predicted molar refractivity (Wildman–Crippen MR) is 89.1 cm³/mol. The molecule has 0 aliphatic heterocycles. The van der Waals surface area contributed by atoms with Gasteiger partial charge in [-0.2, -0.15) is 0 Å². The lowest BCUT2D eigenvalue weighted by atomic mass is 9.61. The van der Waals surface area contributed by atoms with Crippen molar-refractivity contribution < 1.29 is 14.6 Å². The third-order valence-corrected chi connectivity index (χ3v) is 6.18. The number of esters is 1. The second-order valence-corrected chi connectivity index (χ2v) is 7.68. The van der Waals surface area contributed by atoms with E-state index in [1.54, 1.807) is 12.1 Å². The maximum Gasteiger partial charge on any atom is 0.338 e. The minimum absolute atomic E-state index is 0.195. The van der Waals surface area contributed by atoms with Crippen LogP contribution in [0, 0.1) is 18.3 Å². The summed E-state index contributed by atoms with van der Waals surface area (Å²) in [6, 6.07) is 3.46. The SMILES string of the molecule is Cc1cc(O)cc2c1C(C(=O)OCC13CCC(CC1)CC3)=CC2. The molecule has 5 rings (SSSR count). The van der Waals surface area contributed by atoms with E-state index in [0.717, 1.165) is 22.6 Å². The van der Waals surface area contributed by atoms with Gasteiger partial charge in [-0.15, -0.1) is 0 Å². The Labute approximate surface area is 137 Å². The van der Waals surface area contributed by atoms with Crippen LogP contribution in [-0.4, -0.2) is 17.7 Å². The van der Waals surface area contributed by atoms with Crippen molar-refractivity contribution in [2.24, 2.45) is 11.3 Å². The molecule has 3 fully saturated rings. The molecule has 3 heteroatoms. The molecule has 3 nitrogen and oxygen atoms in total. The molecule has 0 spiro atoms. The van der Waals surface area contributed by atoms with Crippen molar-refractivity contribution in [2.45, 2.75) is 51.9 Å². The Morgan fingerprint density at radius 2 is 1.96 bits per heavy atom. The van der Waals surface area contributed by atoms with Gasteiger partial charge in [-0.1, -0.05) is 6.08 Å². The zero-order valence-corrected chi connectivity index (χ0v) is 13.7. The highest BCUT2D eigenvalue weighted by atomic mass is 16.5. The normalized spacial score (nSPS) is 28.4. The zero-order chi connectivity index (χ0) is 16.0. The van der Waals surface area contributed by atoms with Crippen molar-refractivity contribution >= 4 is 11.5 Å². The van der Waals surface area contributed by atoms with Crippen LogP contribution < -0.4 is 0 Å². The molecule has 4 aliphatic rings. The molecule has 0 heterocycles. The van der Waals surface area contributed by atoms with Crippen LogP contribution in [0.3, 0.4) is 0 Å². The highest BCUT2D eigenvalue weighted by Crippen LogP contribution is 2.50. The molecular weight excluding hydrogens is 288 g/mol. The minimum Gasteiger partial charge on any atom is -0.508 e. The number of aryl methyl sites for hydroxylation is 1. The van der Waals surface area contributed by atoms with E-state index < -0.39 is 0 Å². The van der Waals surface area contributed by atoms with Crippen LogP contribution in [0.1, 0.15) is 55.2 Å². The van der Waals surface area contributed by atoms with Gasteiger partial charge < -0.3 is 9.84 Å². The van der Waals surface area contributed by atoms with Crippen molar-refractivity contribution in [1.29, 1.82) is 0 Å². The van der Waals surface area contributed by atoms with Crippen molar-refractivity contribution in [2.75, 3.05) is 6.61 Å².